The molecule has 0 aliphatic carbocycles. The summed E-state index contributed by atoms with van der Waals surface area (Å²) in [4.78, 5) is 28.8. The fourth-order valence-electron chi connectivity index (χ4n) is 3.48. The standard InChI is InChI=1S/C19H28N4O2/c1-15-2-4-16(5-3-15)14-23-17(6-7-18(23)24)19(25)21-10-13-22-11-8-20-9-12-22/h2-5,17,20H,6-14H2,1H3,(H,21,25). The maximum atomic E-state index is 12.6. The van der Waals surface area contributed by atoms with Crippen molar-refractivity contribution in [3.8, 4) is 0 Å². The molecule has 2 saturated heterocycles. The van der Waals surface area contributed by atoms with Gasteiger partial charge in [-0.1, -0.05) is 29.8 Å². The summed E-state index contributed by atoms with van der Waals surface area (Å²) in [5.41, 5.74) is 2.26. The fourth-order valence-corrected chi connectivity index (χ4v) is 3.48. The molecule has 0 spiro atoms. The van der Waals surface area contributed by atoms with Crippen LogP contribution in [0.2, 0.25) is 0 Å². The summed E-state index contributed by atoms with van der Waals surface area (Å²) >= 11 is 0. The molecular weight excluding hydrogens is 316 g/mol. The third-order valence-electron chi connectivity index (χ3n) is 5.04. The number of amides is 2. The van der Waals surface area contributed by atoms with Crippen LogP contribution in [0.5, 0.6) is 0 Å². The highest BCUT2D eigenvalue weighted by atomic mass is 16.2. The number of nitrogens with zero attached hydrogens (tertiary/aromatic N) is 2. The first-order chi connectivity index (χ1) is 12.1. The van der Waals surface area contributed by atoms with Crippen molar-refractivity contribution in [2.45, 2.75) is 32.4 Å². The molecule has 0 bridgehead atoms. The fraction of sp³-hybridized carbons (Fsp3) is 0.579. The van der Waals surface area contributed by atoms with Crippen molar-refractivity contribution in [1.29, 1.82) is 0 Å². The third-order valence-corrected chi connectivity index (χ3v) is 5.04. The molecule has 136 valence electrons. The average molecular weight is 344 g/mol. The Morgan fingerprint density at radius 3 is 2.68 bits per heavy atom. The van der Waals surface area contributed by atoms with Crippen LogP contribution in [0.25, 0.3) is 0 Å². The van der Waals surface area contributed by atoms with Crippen LogP contribution >= 0.6 is 0 Å². The van der Waals surface area contributed by atoms with Crippen LogP contribution in [-0.2, 0) is 16.1 Å². The van der Waals surface area contributed by atoms with Gasteiger partial charge < -0.3 is 15.5 Å². The summed E-state index contributed by atoms with van der Waals surface area (Å²) in [7, 11) is 0. The minimum Gasteiger partial charge on any atom is -0.353 e. The highest BCUT2D eigenvalue weighted by molar-refractivity contribution is 5.90. The van der Waals surface area contributed by atoms with Crippen LogP contribution in [0.15, 0.2) is 24.3 Å². The molecule has 2 aliphatic heterocycles. The Bertz CT molecular complexity index is 596. The van der Waals surface area contributed by atoms with Gasteiger partial charge in [-0.3, -0.25) is 14.5 Å². The lowest BCUT2D eigenvalue weighted by Gasteiger charge is -2.28. The van der Waals surface area contributed by atoms with Gasteiger partial charge in [0.25, 0.3) is 0 Å². The Morgan fingerprint density at radius 1 is 1.24 bits per heavy atom. The maximum Gasteiger partial charge on any atom is 0.242 e. The molecule has 2 fully saturated rings. The molecule has 0 saturated carbocycles. The van der Waals surface area contributed by atoms with Crippen LogP contribution in [0, 0.1) is 6.92 Å². The van der Waals surface area contributed by atoms with Gasteiger partial charge in [0.1, 0.15) is 6.04 Å². The van der Waals surface area contributed by atoms with Gasteiger partial charge in [-0.05, 0) is 18.9 Å². The number of carbonyl (C=O) groups excluding carboxylic acids is 2. The molecule has 2 heterocycles. The van der Waals surface area contributed by atoms with Gasteiger partial charge in [0, 0.05) is 52.2 Å². The molecular formula is C19H28N4O2. The molecule has 1 aromatic carbocycles. The summed E-state index contributed by atoms with van der Waals surface area (Å²) in [6, 6.07) is 7.80. The number of hydrogen-bond donors (Lipinski definition) is 2. The molecule has 1 aromatic rings. The van der Waals surface area contributed by atoms with E-state index in [-0.39, 0.29) is 17.9 Å². The van der Waals surface area contributed by atoms with E-state index in [1.807, 2.05) is 31.2 Å². The van der Waals surface area contributed by atoms with Crippen molar-refractivity contribution >= 4 is 11.8 Å². The second kappa shape index (κ2) is 8.45. The van der Waals surface area contributed by atoms with Crippen LogP contribution < -0.4 is 10.6 Å². The summed E-state index contributed by atoms with van der Waals surface area (Å²) in [6.45, 7) is 8.13. The molecule has 3 rings (SSSR count). The van der Waals surface area contributed by atoms with Gasteiger partial charge in [0.2, 0.25) is 11.8 Å². The largest absolute Gasteiger partial charge is 0.353 e. The molecule has 6 nitrogen and oxygen atoms in total. The quantitative estimate of drug-likeness (QED) is 0.789. The van der Waals surface area contributed by atoms with E-state index in [1.165, 1.54) is 5.56 Å². The first kappa shape index (κ1) is 17.9. The van der Waals surface area contributed by atoms with E-state index in [2.05, 4.69) is 15.5 Å². The lowest BCUT2D eigenvalue weighted by molar-refractivity contribution is -0.135. The Labute approximate surface area is 149 Å². The lowest BCUT2D eigenvalue weighted by Crippen LogP contribution is -2.49. The molecule has 2 amide bonds. The SMILES string of the molecule is Cc1ccc(CN2C(=O)CCC2C(=O)NCCN2CCNCC2)cc1. The van der Waals surface area contributed by atoms with Crippen molar-refractivity contribution in [3.05, 3.63) is 35.4 Å². The summed E-state index contributed by atoms with van der Waals surface area (Å²) in [6.07, 6.45) is 1.08. The minimum atomic E-state index is -0.336. The highest BCUT2D eigenvalue weighted by Crippen LogP contribution is 2.21. The zero-order chi connectivity index (χ0) is 17.6. The number of nitrogens with one attached hydrogen (secondary N) is 2. The van der Waals surface area contributed by atoms with Crippen LogP contribution in [0.3, 0.4) is 0 Å². The zero-order valence-electron chi connectivity index (χ0n) is 15.0. The van der Waals surface area contributed by atoms with Gasteiger partial charge in [-0.15, -0.1) is 0 Å². The number of piperazine rings is 1. The van der Waals surface area contributed by atoms with Gasteiger partial charge >= 0.3 is 0 Å². The van der Waals surface area contributed by atoms with Crippen molar-refractivity contribution in [2.75, 3.05) is 39.3 Å². The summed E-state index contributed by atoms with van der Waals surface area (Å²) in [5, 5.41) is 6.35. The predicted octanol–water partition coefficient (Wildman–Crippen LogP) is 0.507. The van der Waals surface area contributed by atoms with Crippen molar-refractivity contribution in [2.24, 2.45) is 0 Å². The average Bonchev–Trinajstić information content (AvgIpc) is 2.98. The molecule has 0 aromatic heterocycles. The molecule has 2 N–H and O–H groups in total. The van der Waals surface area contributed by atoms with Gasteiger partial charge in [-0.25, -0.2) is 0 Å². The number of likely N-dealkylation sites (tertiary alicyclic amines) is 1. The van der Waals surface area contributed by atoms with E-state index < -0.39 is 0 Å². The van der Waals surface area contributed by atoms with Crippen molar-refractivity contribution in [3.63, 3.8) is 0 Å². The molecule has 1 atom stereocenters. The summed E-state index contributed by atoms with van der Waals surface area (Å²) < 4.78 is 0. The summed E-state index contributed by atoms with van der Waals surface area (Å²) in [5.74, 6) is 0.0518. The third kappa shape index (κ3) is 4.80. The zero-order valence-corrected chi connectivity index (χ0v) is 15.0. The smallest absolute Gasteiger partial charge is 0.242 e. The number of aryl methyl sites for hydroxylation is 1. The second-order valence-corrected chi connectivity index (χ2v) is 6.94. The molecule has 1 unspecified atom stereocenters. The molecule has 6 heteroatoms. The maximum absolute atomic E-state index is 12.6. The molecule has 0 radical (unpaired) electrons. The van der Waals surface area contributed by atoms with E-state index in [9.17, 15) is 9.59 Å². The topological polar surface area (TPSA) is 64.7 Å². The number of rotatable bonds is 6. The van der Waals surface area contributed by atoms with Crippen LogP contribution in [-0.4, -0.2) is 66.9 Å². The minimum absolute atomic E-state index is 0.0203. The van der Waals surface area contributed by atoms with Gasteiger partial charge in [-0.2, -0.15) is 0 Å². The Balaban J connectivity index is 1.51. The van der Waals surface area contributed by atoms with Crippen molar-refractivity contribution in [1.82, 2.24) is 20.4 Å². The molecule has 2 aliphatic rings. The Kier molecular flexibility index (Phi) is 6.04. The van der Waals surface area contributed by atoms with E-state index in [0.717, 1.165) is 38.3 Å². The predicted molar refractivity (Wildman–Crippen MR) is 97.1 cm³/mol. The normalized spacial score (nSPS) is 21.6. The van der Waals surface area contributed by atoms with E-state index in [0.29, 0.717) is 25.9 Å². The number of carbonyl (C=O) groups is 2. The highest BCUT2D eigenvalue weighted by Gasteiger charge is 2.35. The first-order valence-corrected chi connectivity index (χ1v) is 9.19. The molecule has 25 heavy (non-hydrogen) atoms. The Morgan fingerprint density at radius 2 is 1.96 bits per heavy atom. The van der Waals surface area contributed by atoms with Crippen LogP contribution in [0.4, 0.5) is 0 Å². The number of benzene rings is 1. The first-order valence-electron chi connectivity index (χ1n) is 9.19. The van der Waals surface area contributed by atoms with Crippen molar-refractivity contribution < 1.29 is 9.59 Å². The van der Waals surface area contributed by atoms with E-state index in [4.69, 9.17) is 0 Å². The van der Waals surface area contributed by atoms with Gasteiger partial charge in [0.05, 0.1) is 0 Å². The van der Waals surface area contributed by atoms with Crippen LogP contribution in [0.1, 0.15) is 24.0 Å². The second-order valence-electron chi connectivity index (χ2n) is 6.94. The monoisotopic (exact) mass is 344 g/mol. The lowest BCUT2D eigenvalue weighted by atomic mass is 10.1. The van der Waals surface area contributed by atoms with Gasteiger partial charge in [0.15, 0.2) is 0 Å². The van der Waals surface area contributed by atoms with E-state index >= 15 is 0 Å². The van der Waals surface area contributed by atoms with E-state index in [1.54, 1.807) is 4.90 Å². The number of hydrogen-bond acceptors (Lipinski definition) is 4. The Hall–Kier alpha value is -1.92.